The number of ether oxygens (including phenoxy) is 1. The van der Waals surface area contributed by atoms with E-state index in [-0.39, 0.29) is 11.5 Å². The average Bonchev–Trinajstić information content (AvgIpc) is 3.27. The Morgan fingerprint density at radius 3 is 2.54 bits per heavy atom. The molecule has 188 valence electrons. The summed E-state index contributed by atoms with van der Waals surface area (Å²) in [5, 5.41) is 4.76. The second-order valence-corrected chi connectivity index (χ2v) is 10.1. The van der Waals surface area contributed by atoms with Crippen LogP contribution in [-0.2, 0) is 4.74 Å². The van der Waals surface area contributed by atoms with Gasteiger partial charge in [-0.1, -0.05) is 18.2 Å². The van der Waals surface area contributed by atoms with Crippen molar-refractivity contribution >= 4 is 33.6 Å². The number of para-hydroxylation sites is 1. The monoisotopic (exact) mass is 496 g/mol. The molecule has 2 aromatic carbocycles. The molecule has 3 heterocycles. The Morgan fingerprint density at radius 1 is 1.03 bits per heavy atom. The molecular formula is C30H28N2O5. The van der Waals surface area contributed by atoms with Crippen molar-refractivity contribution in [3.63, 3.8) is 0 Å². The highest BCUT2D eigenvalue weighted by Gasteiger charge is 2.22. The predicted octanol–water partition coefficient (Wildman–Crippen LogP) is 7.04. The standard InChI is InChI=1S/C30H28N2O5/c1-17-12-21(18(2)32-23-9-7-6-8-20(23)29(34)37-30(3,4)5)28-22(13-17)24(33)15-26(36-28)25-14-19-10-11-31-16-27(19)35-25/h6-16,18,32H,1-5H3. The van der Waals surface area contributed by atoms with Crippen LogP contribution in [0.2, 0.25) is 0 Å². The Kier molecular flexibility index (Phi) is 6.07. The second kappa shape index (κ2) is 9.24. The van der Waals surface area contributed by atoms with E-state index in [1.807, 2.05) is 71.0 Å². The number of furan rings is 1. The smallest absolute Gasteiger partial charge is 0.340 e. The first-order valence-corrected chi connectivity index (χ1v) is 12.1. The number of nitrogens with zero attached hydrogens (tertiary/aromatic N) is 1. The molecule has 0 aliphatic rings. The fourth-order valence-electron chi connectivity index (χ4n) is 4.31. The molecule has 0 amide bonds. The van der Waals surface area contributed by atoms with E-state index in [2.05, 4.69) is 10.3 Å². The number of aromatic nitrogens is 1. The maximum atomic E-state index is 13.2. The fraction of sp³-hybridized carbons (Fsp3) is 0.233. The number of rotatable bonds is 5. The molecule has 3 aromatic heterocycles. The SMILES string of the molecule is Cc1cc(C(C)Nc2ccccc2C(=O)OC(C)(C)C)c2oc(-c3cc4ccncc4o3)cc(=O)c2c1. The highest BCUT2D eigenvalue weighted by Crippen LogP contribution is 2.33. The molecule has 1 N–H and O–H groups in total. The summed E-state index contributed by atoms with van der Waals surface area (Å²) in [5.74, 6) is 0.370. The molecule has 1 atom stereocenters. The number of nitrogens with one attached hydrogen (secondary N) is 1. The van der Waals surface area contributed by atoms with E-state index in [1.165, 1.54) is 6.07 Å². The zero-order valence-electron chi connectivity index (χ0n) is 21.4. The molecule has 0 saturated heterocycles. The number of fused-ring (bicyclic) bond motifs is 2. The van der Waals surface area contributed by atoms with Crippen molar-refractivity contribution in [1.29, 1.82) is 0 Å². The number of benzene rings is 2. The third-order valence-corrected chi connectivity index (χ3v) is 5.95. The molecule has 1 unspecified atom stereocenters. The van der Waals surface area contributed by atoms with Gasteiger partial charge >= 0.3 is 5.97 Å². The Bertz CT molecular complexity index is 1660. The number of hydrogen-bond acceptors (Lipinski definition) is 7. The van der Waals surface area contributed by atoms with Gasteiger partial charge in [0.1, 0.15) is 11.2 Å². The van der Waals surface area contributed by atoms with Crippen molar-refractivity contribution in [3.05, 3.63) is 93.9 Å². The van der Waals surface area contributed by atoms with Crippen LogP contribution in [0.5, 0.6) is 0 Å². The Labute approximate surface area is 214 Å². The largest absolute Gasteiger partial charge is 0.456 e. The highest BCUT2D eigenvalue weighted by molar-refractivity contribution is 5.96. The summed E-state index contributed by atoms with van der Waals surface area (Å²) >= 11 is 0. The molecule has 0 aliphatic heterocycles. The molecule has 0 spiro atoms. The summed E-state index contributed by atoms with van der Waals surface area (Å²) in [5.41, 5.74) is 3.05. The van der Waals surface area contributed by atoms with Gasteiger partial charge in [-0.25, -0.2) is 4.79 Å². The summed E-state index contributed by atoms with van der Waals surface area (Å²) < 4.78 is 17.8. The molecule has 0 fully saturated rings. The van der Waals surface area contributed by atoms with Crippen molar-refractivity contribution in [1.82, 2.24) is 4.98 Å². The van der Waals surface area contributed by atoms with E-state index < -0.39 is 11.6 Å². The zero-order chi connectivity index (χ0) is 26.3. The van der Waals surface area contributed by atoms with Gasteiger partial charge in [0.05, 0.1) is 23.2 Å². The van der Waals surface area contributed by atoms with Gasteiger partial charge in [-0.15, -0.1) is 0 Å². The predicted molar refractivity (Wildman–Crippen MR) is 144 cm³/mol. The van der Waals surface area contributed by atoms with Crippen molar-refractivity contribution < 1.29 is 18.4 Å². The van der Waals surface area contributed by atoms with Crippen LogP contribution >= 0.6 is 0 Å². The summed E-state index contributed by atoms with van der Waals surface area (Å²) in [6, 6.07) is 15.8. The van der Waals surface area contributed by atoms with Gasteiger partial charge in [0, 0.05) is 28.9 Å². The minimum absolute atomic E-state index is 0.166. The lowest BCUT2D eigenvalue weighted by Gasteiger charge is -2.22. The summed E-state index contributed by atoms with van der Waals surface area (Å²) in [6.45, 7) is 9.39. The van der Waals surface area contributed by atoms with E-state index in [1.54, 1.807) is 24.5 Å². The molecule has 7 heteroatoms. The van der Waals surface area contributed by atoms with Gasteiger partial charge in [-0.3, -0.25) is 9.78 Å². The van der Waals surface area contributed by atoms with E-state index in [0.717, 1.165) is 16.5 Å². The minimum Gasteiger partial charge on any atom is -0.456 e. The molecule has 5 rings (SSSR count). The van der Waals surface area contributed by atoms with E-state index in [9.17, 15) is 9.59 Å². The van der Waals surface area contributed by atoms with E-state index in [0.29, 0.717) is 39.3 Å². The number of aryl methyl sites for hydroxylation is 1. The van der Waals surface area contributed by atoms with Crippen LogP contribution in [0.3, 0.4) is 0 Å². The molecule has 0 radical (unpaired) electrons. The number of anilines is 1. The maximum Gasteiger partial charge on any atom is 0.340 e. The summed E-state index contributed by atoms with van der Waals surface area (Å²) in [7, 11) is 0. The van der Waals surface area contributed by atoms with Crippen LogP contribution < -0.4 is 10.7 Å². The first kappa shape index (κ1) is 24.3. The topological polar surface area (TPSA) is 94.6 Å². The lowest BCUT2D eigenvalue weighted by Crippen LogP contribution is -2.24. The lowest BCUT2D eigenvalue weighted by atomic mass is 10.0. The number of hydrogen-bond donors (Lipinski definition) is 1. The average molecular weight is 497 g/mol. The molecule has 7 nitrogen and oxygen atoms in total. The maximum absolute atomic E-state index is 13.2. The van der Waals surface area contributed by atoms with Crippen molar-refractivity contribution in [2.24, 2.45) is 0 Å². The Hall–Kier alpha value is -4.39. The third kappa shape index (κ3) is 4.98. The molecule has 0 bridgehead atoms. The minimum atomic E-state index is -0.616. The third-order valence-electron chi connectivity index (χ3n) is 5.95. The summed E-state index contributed by atoms with van der Waals surface area (Å²) in [6.07, 6.45) is 3.31. The molecule has 0 aliphatic carbocycles. The van der Waals surface area contributed by atoms with E-state index in [4.69, 9.17) is 13.6 Å². The zero-order valence-corrected chi connectivity index (χ0v) is 21.4. The second-order valence-electron chi connectivity index (χ2n) is 10.1. The van der Waals surface area contributed by atoms with Crippen molar-refractivity contribution in [3.8, 4) is 11.5 Å². The van der Waals surface area contributed by atoms with Crippen molar-refractivity contribution in [2.45, 2.75) is 46.3 Å². The Morgan fingerprint density at radius 2 is 1.78 bits per heavy atom. The highest BCUT2D eigenvalue weighted by atomic mass is 16.6. The summed E-state index contributed by atoms with van der Waals surface area (Å²) in [4.78, 5) is 30.1. The first-order chi connectivity index (χ1) is 17.6. The molecule has 0 saturated carbocycles. The number of carbonyl (C=O) groups excluding carboxylic acids is 1. The quantitative estimate of drug-likeness (QED) is 0.261. The van der Waals surface area contributed by atoms with Crippen LogP contribution in [0.15, 0.2) is 80.6 Å². The van der Waals surface area contributed by atoms with Crippen LogP contribution in [0.1, 0.15) is 55.2 Å². The first-order valence-electron chi connectivity index (χ1n) is 12.1. The van der Waals surface area contributed by atoms with E-state index >= 15 is 0 Å². The van der Waals surface area contributed by atoms with Gasteiger partial charge in [0.15, 0.2) is 22.5 Å². The van der Waals surface area contributed by atoms with Gasteiger partial charge in [-0.05, 0) is 70.5 Å². The number of pyridine rings is 1. The van der Waals surface area contributed by atoms with Gasteiger partial charge in [-0.2, -0.15) is 0 Å². The number of esters is 1. The van der Waals surface area contributed by atoms with Gasteiger partial charge in [0.25, 0.3) is 0 Å². The fourth-order valence-corrected chi connectivity index (χ4v) is 4.31. The Balaban J connectivity index is 1.57. The number of carbonyl (C=O) groups is 1. The van der Waals surface area contributed by atoms with Crippen LogP contribution in [0.25, 0.3) is 33.5 Å². The van der Waals surface area contributed by atoms with Crippen molar-refractivity contribution in [2.75, 3.05) is 5.32 Å². The van der Waals surface area contributed by atoms with Gasteiger partial charge in [0.2, 0.25) is 0 Å². The van der Waals surface area contributed by atoms with Gasteiger partial charge < -0.3 is 18.9 Å². The molecule has 37 heavy (non-hydrogen) atoms. The molecular weight excluding hydrogens is 468 g/mol. The van der Waals surface area contributed by atoms with Crippen LogP contribution in [0.4, 0.5) is 5.69 Å². The molecule has 5 aromatic rings. The van der Waals surface area contributed by atoms with Crippen LogP contribution in [-0.4, -0.2) is 16.6 Å². The van der Waals surface area contributed by atoms with Crippen LogP contribution in [0, 0.1) is 6.92 Å². The lowest BCUT2D eigenvalue weighted by molar-refractivity contribution is 0.00706. The normalized spacial score (nSPS) is 12.6.